The zero-order valence-electron chi connectivity index (χ0n) is 45.1. The van der Waals surface area contributed by atoms with Crippen LogP contribution in [0.5, 0.6) is 0 Å². The van der Waals surface area contributed by atoms with Gasteiger partial charge in [0.05, 0.1) is 98.9 Å². The third-order valence-electron chi connectivity index (χ3n) is 9.98. The number of alkyl halides is 20. The summed E-state index contributed by atoms with van der Waals surface area (Å²) < 4.78 is 310. The van der Waals surface area contributed by atoms with E-state index in [0.717, 1.165) is 6.92 Å². The number of rotatable bonds is 47. The van der Waals surface area contributed by atoms with Gasteiger partial charge in [-0.25, -0.2) is 0 Å². The molecule has 86 heavy (non-hydrogen) atoms. The maximum atomic E-state index is 14.7. The molecule has 0 aromatic heterocycles. The van der Waals surface area contributed by atoms with E-state index in [9.17, 15) is 112 Å². The standard InChI is InChI=1S/C43H62F20N8O15/c1-2-37(47,48)85-28(40(52,53)54)25-83-33(42(58,59)60)34(75)67-8-6-65-30(72)3-13-77-20-23-81-17-11-71(32(74)5-15-79-19-22-80-16-10-69-70-64)12-18-82-24-21-78-14-4-31(73)66-7-9-68-35(76)39(51,43(61,62)63)84-26-29(41(55,56)57)86-38(49,50)27-36(44,45)46/h28-29,33H,2-27H2,1H3,(H,65,72)(H,66,73)(H,67,75)(H,68,76). The van der Waals surface area contributed by atoms with Gasteiger partial charge in [-0.05, 0) is 5.53 Å². The zero-order valence-corrected chi connectivity index (χ0v) is 45.1. The number of ether oxygens (including phenoxy) is 10. The summed E-state index contributed by atoms with van der Waals surface area (Å²) >= 11 is 0. The lowest BCUT2D eigenvalue weighted by atomic mass is 10.2. The molecule has 0 saturated carbocycles. The second-order valence-corrected chi connectivity index (χ2v) is 16.9. The molecule has 4 atom stereocenters. The second kappa shape index (κ2) is 39.7. The Morgan fingerprint density at radius 3 is 1.36 bits per heavy atom. The summed E-state index contributed by atoms with van der Waals surface area (Å²) in [6, 6.07) is 0. The van der Waals surface area contributed by atoms with E-state index in [1.807, 2.05) is 0 Å². The fourth-order valence-corrected chi connectivity index (χ4v) is 5.76. The van der Waals surface area contributed by atoms with Crippen LogP contribution in [0, 0.1) is 0 Å². The van der Waals surface area contributed by atoms with Crippen molar-refractivity contribution in [2.24, 2.45) is 5.11 Å². The number of azide groups is 1. The molecule has 4 unspecified atom stereocenters. The van der Waals surface area contributed by atoms with E-state index in [-0.39, 0.29) is 112 Å². The highest BCUT2D eigenvalue weighted by Crippen LogP contribution is 2.40. The van der Waals surface area contributed by atoms with Gasteiger partial charge in [0.15, 0.2) is 12.2 Å². The van der Waals surface area contributed by atoms with Crippen LogP contribution in [0.15, 0.2) is 5.11 Å². The van der Waals surface area contributed by atoms with Crippen molar-refractivity contribution >= 4 is 29.5 Å². The molecule has 0 heterocycles. The lowest BCUT2D eigenvalue weighted by Crippen LogP contribution is -2.58. The van der Waals surface area contributed by atoms with Crippen LogP contribution in [0.25, 0.3) is 10.4 Å². The van der Waals surface area contributed by atoms with Crippen molar-refractivity contribution in [3.05, 3.63) is 10.4 Å². The minimum atomic E-state index is -6.49. The maximum Gasteiger partial charge on any atom is 0.458 e. The third kappa shape index (κ3) is 37.5. The Hall–Kier alpha value is -5.14. The van der Waals surface area contributed by atoms with E-state index in [2.05, 4.69) is 39.6 Å². The molecule has 0 aromatic rings. The van der Waals surface area contributed by atoms with Crippen molar-refractivity contribution < 1.29 is 159 Å². The van der Waals surface area contributed by atoms with Gasteiger partial charge in [0, 0.05) is 70.0 Å². The Morgan fingerprint density at radius 1 is 0.512 bits per heavy atom. The van der Waals surface area contributed by atoms with E-state index >= 15 is 0 Å². The van der Waals surface area contributed by atoms with Crippen molar-refractivity contribution in [1.82, 2.24) is 26.2 Å². The fourth-order valence-electron chi connectivity index (χ4n) is 5.76. The van der Waals surface area contributed by atoms with Crippen molar-refractivity contribution in [2.75, 3.05) is 138 Å². The quantitative estimate of drug-likeness (QED) is 0.0193. The Morgan fingerprint density at radius 2 is 0.930 bits per heavy atom. The Balaban J connectivity index is 4.89. The normalized spacial score (nSPS) is 14.6. The summed E-state index contributed by atoms with van der Waals surface area (Å²) in [6.45, 7) is -7.90. The van der Waals surface area contributed by atoms with Crippen LogP contribution in [0.2, 0.25) is 0 Å². The van der Waals surface area contributed by atoms with E-state index < -0.39 is 155 Å². The Kier molecular flexibility index (Phi) is 37.3. The van der Waals surface area contributed by atoms with Gasteiger partial charge in [-0.3, -0.25) is 24.0 Å². The number of hydrogen-bond donors (Lipinski definition) is 4. The molecule has 0 aliphatic carbocycles. The molecule has 504 valence electrons. The smallest absolute Gasteiger partial charge is 0.379 e. The summed E-state index contributed by atoms with van der Waals surface area (Å²) in [5.74, 6) is -12.5. The molecule has 5 amide bonds. The SMILES string of the molecule is CCC(F)(F)OC(COC(C(=O)NCCNC(=O)CCOCCOCCN(CCOCCOCCC(=O)NCCNC(=O)C(F)(OCC(OC(F)(F)CC(F)(F)F)C(F)(F)F)C(F)(F)F)C(=O)CCOCCOCCN=[N+]=[N-])C(F)(F)F)C(F)(F)F. The number of hydrogen-bond acceptors (Lipinski definition) is 16. The second-order valence-electron chi connectivity index (χ2n) is 16.9. The molecule has 0 rings (SSSR count). The number of nitrogens with one attached hydrogen (secondary N) is 4. The molecule has 0 aliphatic heterocycles. The highest BCUT2D eigenvalue weighted by atomic mass is 19.4. The fraction of sp³-hybridized carbons (Fsp3) is 0.884. The van der Waals surface area contributed by atoms with Gasteiger partial charge >= 0.3 is 49.0 Å². The first-order valence-corrected chi connectivity index (χ1v) is 24.9. The minimum Gasteiger partial charge on any atom is -0.379 e. The summed E-state index contributed by atoms with van der Waals surface area (Å²) in [5.41, 5.74) is 8.28. The third-order valence-corrected chi connectivity index (χ3v) is 9.98. The average molecular weight is 1310 g/mol. The van der Waals surface area contributed by atoms with Gasteiger partial charge < -0.3 is 73.5 Å². The Bertz CT molecular complexity index is 2030. The van der Waals surface area contributed by atoms with Gasteiger partial charge in [-0.1, -0.05) is 12.0 Å². The largest absolute Gasteiger partial charge is 0.458 e. The van der Waals surface area contributed by atoms with Crippen LogP contribution in [0.1, 0.15) is 39.0 Å². The zero-order chi connectivity index (χ0) is 65.9. The van der Waals surface area contributed by atoms with Crippen molar-refractivity contribution in [1.29, 1.82) is 0 Å². The molecular weight excluding hydrogens is 1250 g/mol. The van der Waals surface area contributed by atoms with E-state index in [4.69, 9.17) is 34.0 Å². The first-order valence-electron chi connectivity index (χ1n) is 24.9. The number of amides is 5. The molecule has 0 fully saturated rings. The average Bonchev–Trinajstić information content (AvgIpc) is 1.91. The number of carbonyl (C=O) groups excluding carboxylic acids is 5. The summed E-state index contributed by atoms with van der Waals surface area (Å²) in [6.07, 6.45) is -56.5. The lowest BCUT2D eigenvalue weighted by Gasteiger charge is -2.31. The van der Waals surface area contributed by atoms with Crippen LogP contribution in [0.4, 0.5) is 87.8 Å². The molecule has 0 radical (unpaired) electrons. The van der Waals surface area contributed by atoms with Crippen LogP contribution in [0.3, 0.4) is 0 Å². The van der Waals surface area contributed by atoms with Crippen molar-refractivity contribution in [3.8, 4) is 0 Å². The number of nitrogens with zero attached hydrogens (tertiary/aromatic N) is 4. The summed E-state index contributed by atoms with van der Waals surface area (Å²) in [4.78, 5) is 65.2. The predicted molar refractivity (Wildman–Crippen MR) is 246 cm³/mol. The predicted octanol–water partition coefficient (Wildman–Crippen LogP) is 5.50. The van der Waals surface area contributed by atoms with Crippen LogP contribution < -0.4 is 21.3 Å². The number of halogens is 20. The first kappa shape index (κ1) is 80.9. The van der Waals surface area contributed by atoms with Gasteiger partial charge in [0.1, 0.15) is 6.42 Å². The summed E-state index contributed by atoms with van der Waals surface area (Å²) in [5, 5.41) is 10.5. The molecular formula is C43H62F20N8O15. The molecule has 23 nitrogen and oxygen atoms in total. The van der Waals surface area contributed by atoms with Crippen molar-refractivity contribution in [2.45, 2.75) is 106 Å². The van der Waals surface area contributed by atoms with Gasteiger partial charge in [-0.15, -0.1) is 0 Å². The molecule has 0 spiro atoms. The van der Waals surface area contributed by atoms with Crippen LogP contribution in [-0.2, 0) is 71.3 Å². The topological polar surface area (TPSA) is 278 Å². The minimum absolute atomic E-state index is 0.00153. The highest BCUT2D eigenvalue weighted by molar-refractivity contribution is 5.84. The molecule has 43 heteroatoms. The Labute approximate surface area is 474 Å². The monoisotopic (exact) mass is 1310 g/mol. The van der Waals surface area contributed by atoms with E-state index in [0.29, 0.717) is 0 Å². The molecule has 0 saturated heterocycles. The summed E-state index contributed by atoms with van der Waals surface area (Å²) in [7, 11) is 0. The molecule has 0 aliphatic rings. The molecule has 0 bridgehead atoms. The van der Waals surface area contributed by atoms with Crippen LogP contribution >= 0.6 is 0 Å². The van der Waals surface area contributed by atoms with Gasteiger partial charge in [0.2, 0.25) is 23.8 Å². The molecule has 0 aromatic carbocycles. The highest BCUT2D eigenvalue weighted by Gasteiger charge is 2.65. The van der Waals surface area contributed by atoms with Crippen molar-refractivity contribution in [3.63, 3.8) is 0 Å². The molecule has 4 N–H and O–H groups in total. The number of carbonyl (C=O) groups is 5. The van der Waals surface area contributed by atoms with E-state index in [1.54, 1.807) is 5.32 Å². The first-order chi connectivity index (χ1) is 39.7. The maximum absolute atomic E-state index is 14.7. The van der Waals surface area contributed by atoms with E-state index in [1.165, 1.54) is 10.2 Å². The van der Waals surface area contributed by atoms with Gasteiger partial charge in [-0.2, -0.15) is 87.8 Å². The van der Waals surface area contributed by atoms with Gasteiger partial charge in [0.25, 0.3) is 11.8 Å². The lowest BCUT2D eigenvalue weighted by molar-refractivity contribution is -0.371. The van der Waals surface area contributed by atoms with Crippen LogP contribution in [-0.4, -0.2) is 240 Å².